The monoisotopic (exact) mass is 260 g/mol. The Kier molecular flexibility index (Phi) is 11.6. The van der Waals surface area contributed by atoms with Crippen molar-refractivity contribution in [3.05, 3.63) is 11.6 Å². The van der Waals surface area contributed by atoms with Gasteiger partial charge >= 0.3 is 5.97 Å². The molecule has 0 aliphatic carbocycles. The van der Waals surface area contributed by atoms with Gasteiger partial charge in [-0.25, -0.2) is 4.79 Å². The Morgan fingerprint density at radius 2 is 1.47 bits per heavy atom. The fourth-order valence-corrected chi connectivity index (χ4v) is 1.71. The molecule has 0 radical (unpaired) electrons. The summed E-state index contributed by atoms with van der Waals surface area (Å²) in [5.41, 5.74) is 0. The van der Waals surface area contributed by atoms with Crippen LogP contribution in [0.5, 0.6) is 0 Å². The van der Waals surface area contributed by atoms with Gasteiger partial charge in [0.05, 0.1) is 6.61 Å². The number of halogens is 1. The first kappa shape index (κ1) is 16.5. The molecular formula is C14H25ClO2. The summed E-state index contributed by atoms with van der Waals surface area (Å²) < 4.78 is 4.89. The summed E-state index contributed by atoms with van der Waals surface area (Å²) in [6, 6.07) is 0. The molecule has 0 aliphatic rings. The maximum absolute atomic E-state index is 10.9. The van der Waals surface area contributed by atoms with Gasteiger partial charge in [0.1, 0.15) is 5.03 Å². The highest BCUT2D eigenvalue weighted by Crippen LogP contribution is 2.09. The number of rotatable bonds is 11. The van der Waals surface area contributed by atoms with Gasteiger partial charge in [-0.15, -0.1) is 0 Å². The number of carbonyl (C=O) groups excluding carboxylic acids is 1. The highest BCUT2D eigenvalue weighted by molar-refractivity contribution is 6.40. The molecule has 0 aromatic heterocycles. The van der Waals surface area contributed by atoms with Gasteiger partial charge in [-0.05, 0) is 6.42 Å². The molecule has 17 heavy (non-hydrogen) atoms. The van der Waals surface area contributed by atoms with Crippen LogP contribution in [0.4, 0.5) is 0 Å². The summed E-state index contributed by atoms with van der Waals surface area (Å²) in [4.78, 5) is 10.9. The predicted octanol–water partition coefficient (Wildman–Crippen LogP) is 4.81. The zero-order valence-electron chi connectivity index (χ0n) is 11.0. The van der Waals surface area contributed by atoms with E-state index in [2.05, 4.69) is 13.5 Å². The topological polar surface area (TPSA) is 26.3 Å². The Hall–Kier alpha value is -0.500. The second kappa shape index (κ2) is 12.0. The number of hydrogen-bond acceptors (Lipinski definition) is 2. The molecule has 0 heterocycles. The minimum Gasteiger partial charge on any atom is -0.461 e. The van der Waals surface area contributed by atoms with Gasteiger partial charge in [0.25, 0.3) is 0 Å². The molecule has 0 rings (SSSR count). The normalized spacial score (nSPS) is 10.2. The van der Waals surface area contributed by atoms with E-state index in [4.69, 9.17) is 16.3 Å². The summed E-state index contributed by atoms with van der Waals surface area (Å²) in [5.74, 6) is -0.494. The SMILES string of the molecule is C=C(Cl)C(=O)OCCCCCCCCCCC. The van der Waals surface area contributed by atoms with E-state index in [1.54, 1.807) is 0 Å². The second-order valence-electron chi connectivity index (χ2n) is 4.37. The minimum absolute atomic E-state index is 0.0408. The van der Waals surface area contributed by atoms with Crippen molar-refractivity contribution in [3.8, 4) is 0 Å². The van der Waals surface area contributed by atoms with Gasteiger partial charge in [0.15, 0.2) is 0 Å². The summed E-state index contributed by atoms with van der Waals surface area (Å²) in [6.07, 6.45) is 11.3. The largest absolute Gasteiger partial charge is 0.461 e. The smallest absolute Gasteiger partial charge is 0.349 e. The first-order valence-corrected chi connectivity index (χ1v) is 7.07. The van der Waals surface area contributed by atoms with Crippen molar-refractivity contribution in [1.82, 2.24) is 0 Å². The fourth-order valence-electron chi connectivity index (χ4n) is 1.66. The van der Waals surface area contributed by atoms with Crippen LogP contribution in [-0.4, -0.2) is 12.6 Å². The molecule has 2 nitrogen and oxygen atoms in total. The Morgan fingerprint density at radius 3 is 1.94 bits per heavy atom. The summed E-state index contributed by atoms with van der Waals surface area (Å²) in [6.45, 7) is 6.00. The highest BCUT2D eigenvalue weighted by Gasteiger charge is 2.03. The van der Waals surface area contributed by atoms with Gasteiger partial charge in [0.2, 0.25) is 0 Å². The van der Waals surface area contributed by atoms with Crippen LogP contribution in [-0.2, 0) is 9.53 Å². The van der Waals surface area contributed by atoms with Crippen LogP contribution in [0.2, 0.25) is 0 Å². The van der Waals surface area contributed by atoms with Crippen molar-refractivity contribution in [1.29, 1.82) is 0 Å². The maximum Gasteiger partial charge on any atom is 0.349 e. The Labute approximate surface area is 110 Å². The van der Waals surface area contributed by atoms with Gasteiger partial charge in [-0.2, -0.15) is 0 Å². The van der Waals surface area contributed by atoms with Gasteiger partial charge in [-0.3, -0.25) is 0 Å². The lowest BCUT2D eigenvalue weighted by Gasteiger charge is -2.03. The van der Waals surface area contributed by atoms with E-state index in [0.717, 1.165) is 12.8 Å². The van der Waals surface area contributed by atoms with Gasteiger partial charge in [-0.1, -0.05) is 76.5 Å². The standard InChI is InChI=1S/C14H25ClO2/c1-3-4-5-6-7-8-9-10-11-12-17-14(16)13(2)15/h2-12H2,1H3. The number of hydrogen-bond donors (Lipinski definition) is 0. The molecule has 0 fully saturated rings. The van der Waals surface area contributed by atoms with E-state index in [9.17, 15) is 4.79 Å². The van der Waals surface area contributed by atoms with E-state index >= 15 is 0 Å². The number of ether oxygens (including phenoxy) is 1. The molecular weight excluding hydrogens is 236 g/mol. The summed E-state index contributed by atoms with van der Waals surface area (Å²) in [5, 5.41) is -0.0408. The van der Waals surface area contributed by atoms with Crippen LogP contribution < -0.4 is 0 Å². The first-order chi connectivity index (χ1) is 8.18. The lowest BCUT2D eigenvalue weighted by Crippen LogP contribution is -2.04. The van der Waals surface area contributed by atoms with E-state index in [-0.39, 0.29) is 5.03 Å². The van der Waals surface area contributed by atoms with Crippen LogP contribution in [0.15, 0.2) is 11.6 Å². The second-order valence-corrected chi connectivity index (χ2v) is 4.83. The molecule has 0 unspecified atom stereocenters. The third-order valence-corrected chi connectivity index (χ3v) is 2.86. The number of esters is 1. The molecule has 0 N–H and O–H groups in total. The van der Waals surface area contributed by atoms with E-state index in [1.807, 2.05) is 0 Å². The molecule has 3 heteroatoms. The molecule has 0 saturated carbocycles. The Morgan fingerprint density at radius 1 is 1.00 bits per heavy atom. The lowest BCUT2D eigenvalue weighted by molar-refractivity contribution is -0.138. The van der Waals surface area contributed by atoms with Crippen molar-refractivity contribution >= 4 is 17.6 Å². The average Bonchev–Trinajstić information content (AvgIpc) is 2.31. The Bertz CT molecular complexity index is 214. The maximum atomic E-state index is 10.9. The third-order valence-electron chi connectivity index (χ3n) is 2.70. The number of unbranched alkanes of at least 4 members (excludes halogenated alkanes) is 8. The molecule has 0 aromatic rings. The first-order valence-electron chi connectivity index (χ1n) is 6.70. The molecule has 0 aliphatic heterocycles. The zero-order chi connectivity index (χ0) is 12.9. The molecule has 0 amide bonds. The highest BCUT2D eigenvalue weighted by atomic mass is 35.5. The molecule has 100 valence electrons. The van der Waals surface area contributed by atoms with Crippen molar-refractivity contribution in [2.24, 2.45) is 0 Å². The van der Waals surface area contributed by atoms with Crippen molar-refractivity contribution < 1.29 is 9.53 Å². The molecule has 0 saturated heterocycles. The molecule has 0 bridgehead atoms. The van der Waals surface area contributed by atoms with Crippen molar-refractivity contribution in [2.45, 2.75) is 64.7 Å². The molecule has 0 aromatic carbocycles. The quantitative estimate of drug-likeness (QED) is 0.303. The van der Waals surface area contributed by atoms with Crippen LogP contribution >= 0.6 is 11.6 Å². The van der Waals surface area contributed by atoms with Crippen molar-refractivity contribution in [3.63, 3.8) is 0 Å². The lowest BCUT2D eigenvalue weighted by atomic mass is 10.1. The van der Waals surface area contributed by atoms with E-state index < -0.39 is 5.97 Å². The van der Waals surface area contributed by atoms with E-state index in [1.165, 1.54) is 44.9 Å². The van der Waals surface area contributed by atoms with Crippen LogP contribution in [0.25, 0.3) is 0 Å². The number of carbonyl (C=O) groups is 1. The fraction of sp³-hybridized carbons (Fsp3) is 0.786. The molecule has 0 atom stereocenters. The van der Waals surface area contributed by atoms with Gasteiger partial charge < -0.3 is 4.74 Å². The third kappa shape index (κ3) is 11.8. The van der Waals surface area contributed by atoms with Crippen LogP contribution in [0.3, 0.4) is 0 Å². The minimum atomic E-state index is -0.494. The van der Waals surface area contributed by atoms with Crippen molar-refractivity contribution in [2.75, 3.05) is 6.61 Å². The van der Waals surface area contributed by atoms with Gasteiger partial charge in [0, 0.05) is 0 Å². The van der Waals surface area contributed by atoms with Crippen LogP contribution in [0.1, 0.15) is 64.7 Å². The molecule has 0 spiro atoms. The predicted molar refractivity (Wildman–Crippen MR) is 73.2 cm³/mol. The summed E-state index contributed by atoms with van der Waals surface area (Å²) >= 11 is 5.38. The zero-order valence-corrected chi connectivity index (χ0v) is 11.7. The average molecular weight is 261 g/mol. The van der Waals surface area contributed by atoms with Crippen LogP contribution in [0, 0.1) is 0 Å². The Balaban J connectivity index is 3.08. The van der Waals surface area contributed by atoms with E-state index in [0.29, 0.717) is 6.61 Å². The summed E-state index contributed by atoms with van der Waals surface area (Å²) in [7, 11) is 0.